The molecule has 0 radical (unpaired) electrons. The maximum atomic E-state index is 13.4. The normalized spacial score (nSPS) is 37.5. The Balaban J connectivity index is 1.50. The van der Waals surface area contributed by atoms with E-state index in [0.717, 1.165) is 6.42 Å². The Morgan fingerprint density at radius 3 is 2.65 bits per heavy atom. The van der Waals surface area contributed by atoms with Gasteiger partial charge in [0.05, 0.1) is 36.4 Å². The third kappa shape index (κ3) is 9.90. The van der Waals surface area contributed by atoms with Crippen molar-refractivity contribution < 1.29 is 48.7 Å². The van der Waals surface area contributed by atoms with Crippen molar-refractivity contribution in [2.75, 3.05) is 13.1 Å². The largest absolute Gasteiger partial charge is 0.457 e. The van der Waals surface area contributed by atoms with Crippen LogP contribution < -0.4 is 5.32 Å². The molecule has 4 aliphatic rings. The average molecular weight is 677 g/mol. The molecule has 48 heavy (non-hydrogen) atoms. The van der Waals surface area contributed by atoms with E-state index in [1.807, 2.05) is 27.7 Å². The molecule has 1 amide bonds. The van der Waals surface area contributed by atoms with E-state index in [1.165, 1.54) is 6.92 Å². The predicted molar refractivity (Wildman–Crippen MR) is 178 cm³/mol. The molecule has 12 nitrogen and oxygen atoms in total. The van der Waals surface area contributed by atoms with E-state index in [2.05, 4.69) is 5.32 Å². The fourth-order valence-electron chi connectivity index (χ4n) is 7.12. The molecule has 0 aliphatic carbocycles. The van der Waals surface area contributed by atoms with Gasteiger partial charge in [-0.1, -0.05) is 45.1 Å². The number of piperazine rings is 1. The Morgan fingerprint density at radius 1 is 1.29 bits per heavy atom. The Bertz CT molecular complexity index is 1250. The number of fused-ring (bicyclic) bond motifs is 2. The third-order valence-electron chi connectivity index (χ3n) is 10.3. The molecule has 0 aromatic heterocycles. The van der Waals surface area contributed by atoms with Crippen molar-refractivity contribution in [3.63, 3.8) is 0 Å². The molecule has 270 valence electrons. The van der Waals surface area contributed by atoms with Crippen LogP contribution in [0.5, 0.6) is 0 Å². The number of esters is 2. The number of carbonyl (C=O) groups excluding carboxylic acids is 3. The lowest BCUT2D eigenvalue weighted by atomic mass is 9.88. The van der Waals surface area contributed by atoms with Crippen molar-refractivity contribution >= 4 is 18.0 Å². The first-order valence-electron chi connectivity index (χ1n) is 17.4. The van der Waals surface area contributed by atoms with Gasteiger partial charge in [0.25, 0.3) is 0 Å². The zero-order valence-corrected chi connectivity index (χ0v) is 29.5. The van der Waals surface area contributed by atoms with Crippen LogP contribution in [0.4, 0.5) is 4.79 Å². The molecule has 3 saturated heterocycles. The molecule has 0 spiro atoms. The first-order valence-corrected chi connectivity index (χ1v) is 17.4. The summed E-state index contributed by atoms with van der Waals surface area (Å²) in [4.78, 5) is 40.4. The summed E-state index contributed by atoms with van der Waals surface area (Å²) in [6.07, 6.45) is 6.48. The SMILES string of the molecule is CC[C@H](O)[C@@H](C)[C@H]1O[C@@H]1C[C@@](C)(O)/C=C/C=C(\C)[C@H]1OC(=O)C[C@H](O)CC[C@@](C)(OC(=O)N2C[C@H]3C[C@@H]2CN3)[C@@H](OC(C)=O)/C=C/[C@@H]1C. The number of epoxide rings is 1. The number of nitrogens with one attached hydrogen (secondary N) is 1. The molecule has 0 aromatic carbocycles. The Labute approximate surface area is 284 Å². The van der Waals surface area contributed by atoms with Gasteiger partial charge in [-0.15, -0.1) is 0 Å². The van der Waals surface area contributed by atoms with Gasteiger partial charge in [0.1, 0.15) is 6.10 Å². The molecule has 4 N–H and O–H groups in total. The minimum Gasteiger partial charge on any atom is -0.457 e. The van der Waals surface area contributed by atoms with Crippen molar-refractivity contribution in [3.8, 4) is 0 Å². The van der Waals surface area contributed by atoms with Crippen molar-refractivity contribution in [1.29, 1.82) is 0 Å². The standard InChI is InChI=1S/C36H56N2O10/c1-8-28(41)23(4)33-29(46-33)18-35(6,44)14-9-10-21(2)32-22(3)11-12-30(45-24(5)39)36(7,15-13-27(40)17-31(42)47-32)48-34(43)38-20-25-16-26(38)19-37-25/h9-12,14,22-23,25-30,32-33,37,40-41,44H,8,13,15-20H2,1-7H3/b12-11+,14-9+,21-10+/t22-,23+,25+,26+,27+,28-,29+,30-,32+,33+,35-,36+/m0/s1. The quantitative estimate of drug-likeness (QED) is 0.0881. The van der Waals surface area contributed by atoms with E-state index in [1.54, 1.807) is 49.1 Å². The fraction of sp³-hybridized carbons (Fsp3) is 0.750. The maximum absolute atomic E-state index is 13.4. The smallest absolute Gasteiger partial charge is 0.410 e. The first-order chi connectivity index (χ1) is 22.5. The molecule has 3 fully saturated rings. The minimum absolute atomic E-state index is 0.0196. The van der Waals surface area contributed by atoms with Crippen LogP contribution in [0.25, 0.3) is 0 Å². The molecule has 4 aliphatic heterocycles. The average Bonchev–Trinajstić information content (AvgIpc) is 3.40. The van der Waals surface area contributed by atoms with Crippen LogP contribution in [0.15, 0.2) is 36.0 Å². The number of nitrogens with zero attached hydrogens (tertiary/aromatic N) is 1. The highest BCUT2D eigenvalue weighted by Gasteiger charge is 2.48. The molecule has 0 aromatic rings. The van der Waals surface area contributed by atoms with E-state index in [0.29, 0.717) is 31.5 Å². The van der Waals surface area contributed by atoms with E-state index < -0.39 is 59.6 Å². The molecule has 12 atom stereocenters. The number of cyclic esters (lactones) is 1. The molecule has 0 saturated carbocycles. The van der Waals surface area contributed by atoms with Gasteiger partial charge < -0.3 is 44.5 Å². The third-order valence-corrected chi connectivity index (χ3v) is 10.3. The molecule has 0 unspecified atom stereocenters. The van der Waals surface area contributed by atoms with Crippen molar-refractivity contribution in [3.05, 3.63) is 36.0 Å². The van der Waals surface area contributed by atoms with E-state index in [-0.39, 0.29) is 49.5 Å². The van der Waals surface area contributed by atoms with Crippen LogP contribution in [0, 0.1) is 11.8 Å². The van der Waals surface area contributed by atoms with Crippen LogP contribution in [0.2, 0.25) is 0 Å². The molecule has 12 heteroatoms. The summed E-state index contributed by atoms with van der Waals surface area (Å²) >= 11 is 0. The van der Waals surface area contributed by atoms with Gasteiger partial charge in [0, 0.05) is 50.4 Å². The van der Waals surface area contributed by atoms with Gasteiger partial charge in [-0.3, -0.25) is 9.59 Å². The summed E-state index contributed by atoms with van der Waals surface area (Å²) in [6.45, 7) is 13.4. The van der Waals surface area contributed by atoms with Crippen LogP contribution in [0.3, 0.4) is 0 Å². The van der Waals surface area contributed by atoms with E-state index in [4.69, 9.17) is 18.9 Å². The number of aliphatic hydroxyl groups is 3. The predicted octanol–water partition coefficient (Wildman–Crippen LogP) is 3.33. The monoisotopic (exact) mass is 676 g/mol. The van der Waals surface area contributed by atoms with Gasteiger partial charge in [-0.25, -0.2) is 4.79 Å². The van der Waals surface area contributed by atoms with E-state index in [9.17, 15) is 29.7 Å². The number of hydrogen-bond acceptors (Lipinski definition) is 11. The Hall–Kier alpha value is -2.77. The zero-order chi connectivity index (χ0) is 35.4. The van der Waals surface area contributed by atoms with Crippen LogP contribution in [-0.2, 0) is 28.5 Å². The number of ether oxygens (including phenoxy) is 4. The second-order valence-corrected chi connectivity index (χ2v) is 14.7. The van der Waals surface area contributed by atoms with Crippen LogP contribution >= 0.6 is 0 Å². The van der Waals surface area contributed by atoms with Crippen LogP contribution in [0.1, 0.15) is 87.0 Å². The Kier molecular flexibility index (Phi) is 12.6. The lowest BCUT2D eigenvalue weighted by Crippen LogP contribution is -2.52. The number of likely N-dealkylation sites (tertiary alicyclic amines) is 1. The molecule has 4 heterocycles. The summed E-state index contributed by atoms with van der Waals surface area (Å²) in [6, 6.07) is 0.267. The summed E-state index contributed by atoms with van der Waals surface area (Å²) in [7, 11) is 0. The molecule has 2 bridgehead atoms. The highest BCUT2D eigenvalue weighted by Crippen LogP contribution is 2.38. The lowest BCUT2D eigenvalue weighted by molar-refractivity contribution is -0.158. The lowest BCUT2D eigenvalue weighted by Gasteiger charge is -2.38. The fourth-order valence-corrected chi connectivity index (χ4v) is 7.12. The van der Waals surface area contributed by atoms with Gasteiger partial charge in [-0.2, -0.15) is 0 Å². The highest BCUT2D eigenvalue weighted by atomic mass is 16.6. The number of allylic oxidation sites excluding steroid dienone is 2. The number of rotatable bonds is 10. The summed E-state index contributed by atoms with van der Waals surface area (Å²) in [5.74, 6) is -1.55. The van der Waals surface area contributed by atoms with E-state index >= 15 is 0 Å². The Morgan fingerprint density at radius 2 is 2.02 bits per heavy atom. The van der Waals surface area contributed by atoms with Crippen molar-refractivity contribution in [2.45, 2.75) is 147 Å². The van der Waals surface area contributed by atoms with Gasteiger partial charge in [0.2, 0.25) is 0 Å². The van der Waals surface area contributed by atoms with Crippen molar-refractivity contribution in [1.82, 2.24) is 10.2 Å². The summed E-state index contributed by atoms with van der Waals surface area (Å²) < 4.78 is 23.4. The number of aliphatic hydroxyl groups excluding tert-OH is 2. The van der Waals surface area contributed by atoms with Crippen LogP contribution in [-0.4, -0.2) is 111 Å². The van der Waals surface area contributed by atoms with Gasteiger partial charge in [-0.05, 0) is 58.1 Å². The summed E-state index contributed by atoms with van der Waals surface area (Å²) in [5, 5.41) is 35.4. The maximum Gasteiger partial charge on any atom is 0.410 e. The molecular weight excluding hydrogens is 620 g/mol. The second-order valence-electron chi connectivity index (χ2n) is 14.7. The number of carbonyl (C=O) groups is 3. The molecule has 4 rings (SSSR count). The zero-order valence-electron chi connectivity index (χ0n) is 29.5. The topological polar surface area (TPSA) is 167 Å². The van der Waals surface area contributed by atoms with Gasteiger partial charge >= 0.3 is 18.0 Å². The molecular formula is C36H56N2O10. The number of amides is 1. The summed E-state index contributed by atoms with van der Waals surface area (Å²) in [5.41, 5.74) is -1.80. The first kappa shape index (κ1) is 38.0. The van der Waals surface area contributed by atoms with Crippen molar-refractivity contribution in [2.24, 2.45) is 11.8 Å². The minimum atomic E-state index is -1.32. The highest BCUT2D eigenvalue weighted by molar-refractivity contribution is 5.71. The number of hydrogen-bond donors (Lipinski definition) is 4. The second kappa shape index (κ2) is 15.8. The van der Waals surface area contributed by atoms with Gasteiger partial charge in [0.15, 0.2) is 11.7 Å².